The Morgan fingerprint density at radius 1 is 1.18 bits per heavy atom. The molecule has 112 valence electrons. The summed E-state index contributed by atoms with van der Waals surface area (Å²) >= 11 is 0. The first kappa shape index (κ1) is 15.3. The Morgan fingerprint density at radius 2 is 1.86 bits per heavy atom. The normalized spacial score (nSPS) is 12.0. The summed E-state index contributed by atoms with van der Waals surface area (Å²) in [6.45, 7) is 7.32. The highest BCUT2D eigenvalue weighted by Crippen LogP contribution is 2.12. The largest absolute Gasteiger partial charge is 0.326 e. The van der Waals surface area contributed by atoms with Crippen LogP contribution in [0.15, 0.2) is 49.6 Å². The van der Waals surface area contributed by atoms with Crippen LogP contribution in [0.5, 0.6) is 0 Å². The molecule has 22 heavy (non-hydrogen) atoms. The Morgan fingerprint density at radius 3 is 2.45 bits per heavy atom. The van der Waals surface area contributed by atoms with Crippen LogP contribution in [-0.4, -0.2) is 21.1 Å². The van der Waals surface area contributed by atoms with Crippen LogP contribution >= 0.6 is 0 Å². The van der Waals surface area contributed by atoms with Crippen LogP contribution in [0, 0.1) is 0 Å². The standard InChI is InChI=1S/C16H16N4O2/c1-3-5-13-14(6-4-2)19-16(18-13)17-12-9-7-11(8-10-12)15(21)20-22/h3-10,22H,1-2H2,(H,20,21)(H2,17,18,19)/b13-5+,14-6+. The molecule has 2 aromatic rings. The fraction of sp³-hybridized carbons (Fsp3) is 0. The molecule has 1 aromatic carbocycles. The highest BCUT2D eigenvalue weighted by Gasteiger charge is 2.04. The Balaban J connectivity index is 2.28. The van der Waals surface area contributed by atoms with Crippen molar-refractivity contribution in [1.29, 1.82) is 0 Å². The minimum absolute atomic E-state index is 0.355. The molecule has 0 aliphatic carbocycles. The molecule has 0 saturated heterocycles. The first-order chi connectivity index (χ1) is 10.7. The fourth-order valence-corrected chi connectivity index (χ4v) is 1.85. The number of nitrogens with zero attached hydrogens (tertiary/aromatic N) is 1. The summed E-state index contributed by atoms with van der Waals surface area (Å²) in [5.74, 6) is -0.00385. The number of H-pyrrole nitrogens is 1. The van der Waals surface area contributed by atoms with Crippen LogP contribution in [0.25, 0.3) is 12.2 Å². The number of amides is 1. The van der Waals surface area contributed by atoms with E-state index in [9.17, 15) is 4.79 Å². The number of benzene rings is 1. The van der Waals surface area contributed by atoms with Crippen LogP contribution in [0.3, 0.4) is 0 Å². The number of hydroxylamine groups is 1. The molecule has 0 fully saturated rings. The first-order valence-electron chi connectivity index (χ1n) is 6.51. The van der Waals surface area contributed by atoms with Gasteiger partial charge >= 0.3 is 0 Å². The third-order valence-electron chi connectivity index (χ3n) is 2.83. The molecule has 0 aliphatic rings. The van der Waals surface area contributed by atoms with E-state index in [-0.39, 0.29) is 0 Å². The van der Waals surface area contributed by atoms with Gasteiger partial charge in [-0.05, 0) is 36.4 Å². The summed E-state index contributed by atoms with van der Waals surface area (Å²) in [6, 6.07) is 6.59. The average Bonchev–Trinajstić information content (AvgIpc) is 2.89. The number of anilines is 2. The van der Waals surface area contributed by atoms with Crippen molar-refractivity contribution in [3.05, 3.63) is 65.8 Å². The van der Waals surface area contributed by atoms with Gasteiger partial charge in [0, 0.05) is 11.3 Å². The molecule has 0 bridgehead atoms. The summed E-state index contributed by atoms with van der Waals surface area (Å²) in [6.07, 6.45) is 6.91. The number of carbonyl (C=O) groups excluding carboxylic acids is 1. The van der Waals surface area contributed by atoms with Crippen LogP contribution in [-0.2, 0) is 0 Å². The lowest BCUT2D eigenvalue weighted by Gasteiger charge is -2.03. The highest BCUT2D eigenvalue weighted by atomic mass is 16.5. The van der Waals surface area contributed by atoms with Gasteiger partial charge in [-0.3, -0.25) is 10.0 Å². The smallest absolute Gasteiger partial charge is 0.274 e. The number of allylic oxidation sites excluding steroid dienone is 2. The minimum Gasteiger partial charge on any atom is -0.326 e. The fourth-order valence-electron chi connectivity index (χ4n) is 1.85. The first-order valence-corrected chi connectivity index (χ1v) is 6.51. The Bertz CT molecular complexity index is 766. The highest BCUT2D eigenvalue weighted by molar-refractivity contribution is 5.93. The maximum atomic E-state index is 11.2. The molecule has 1 heterocycles. The topological polar surface area (TPSA) is 90.0 Å². The van der Waals surface area contributed by atoms with Crippen molar-refractivity contribution < 1.29 is 10.0 Å². The van der Waals surface area contributed by atoms with E-state index in [0.717, 1.165) is 16.4 Å². The van der Waals surface area contributed by atoms with Crippen molar-refractivity contribution >= 4 is 29.7 Å². The zero-order chi connectivity index (χ0) is 15.9. The summed E-state index contributed by atoms with van der Waals surface area (Å²) in [4.78, 5) is 18.8. The lowest BCUT2D eigenvalue weighted by atomic mass is 10.2. The molecule has 4 N–H and O–H groups in total. The van der Waals surface area contributed by atoms with Crippen LogP contribution in [0.2, 0.25) is 0 Å². The molecule has 0 radical (unpaired) electrons. The van der Waals surface area contributed by atoms with Crippen molar-refractivity contribution in [2.75, 3.05) is 5.32 Å². The Labute approximate surface area is 127 Å². The number of nitrogens with one attached hydrogen (secondary N) is 3. The molecule has 2 rings (SSSR count). The third-order valence-corrected chi connectivity index (χ3v) is 2.83. The second kappa shape index (κ2) is 7.05. The minimum atomic E-state index is -0.560. The molecular weight excluding hydrogens is 280 g/mol. The second-order valence-electron chi connectivity index (χ2n) is 4.33. The summed E-state index contributed by atoms with van der Waals surface area (Å²) in [7, 11) is 0. The van der Waals surface area contributed by atoms with Gasteiger partial charge < -0.3 is 10.3 Å². The lowest BCUT2D eigenvalue weighted by Crippen LogP contribution is -2.23. The Kier molecular flexibility index (Phi) is 4.89. The summed E-state index contributed by atoms with van der Waals surface area (Å²) < 4.78 is 0. The van der Waals surface area contributed by atoms with Gasteiger partial charge in [-0.1, -0.05) is 25.3 Å². The molecule has 0 aliphatic heterocycles. The van der Waals surface area contributed by atoms with Gasteiger partial charge in [0.05, 0.1) is 10.7 Å². The number of aromatic nitrogens is 2. The zero-order valence-electron chi connectivity index (χ0n) is 11.8. The van der Waals surface area contributed by atoms with Crippen LogP contribution in [0.4, 0.5) is 11.6 Å². The van der Waals surface area contributed by atoms with E-state index >= 15 is 0 Å². The maximum Gasteiger partial charge on any atom is 0.274 e. The van der Waals surface area contributed by atoms with Crippen molar-refractivity contribution in [1.82, 2.24) is 15.4 Å². The van der Waals surface area contributed by atoms with E-state index in [4.69, 9.17) is 5.21 Å². The van der Waals surface area contributed by atoms with Gasteiger partial charge in [0.25, 0.3) is 5.91 Å². The average molecular weight is 296 g/mol. The molecule has 1 amide bonds. The Hall–Kier alpha value is -3.12. The van der Waals surface area contributed by atoms with E-state index in [2.05, 4.69) is 28.4 Å². The molecule has 0 unspecified atom stereocenters. The second-order valence-corrected chi connectivity index (χ2v) is 4.33. The SMILES string of the molecule is C=C/C=c1/nc(Nc2ccc(C(=O)NO)cc2)[nH]/c1=C/C=C. The zero-order valence-corrected chi connectivity index (χ0v) is 11.8. The van der Waals surface area contributed by atoms with E-state index in [1.54, 1.807) is 48.0 Å². The van der Waals surface area contributed by atoms with Gasteiger partial charge in [0.2, 0.25) is 5.95 Å². The molecule has 1 aromatic heterocycles. The molecule has 6 heteroatoms. The van der Waals surface area contributed by atoms with Crippen molar-refractivity contribution in [2.45, 2.75) is 0 Å². The van der Waals surface area contributed by atoms with E-state index in [1.807, 2.05) is 6.08 Å². The number of hydrogen-bond donors (Lipinski definition) is 4. The monoisotopic (exact) mass is 296 g/mol. The summed E-state index contributed by atoms with van der Waals surface area (Å²) in [5.41, 5.74) is 2.69. The molecular formula is C16H16N4O2. The molecule has 0 spiro atoms. The number of rotatable bonds is 5. The van der Waals surface area contributed by atoms with Crippen LogP contribution in [0.1, 0.15) is 10.4 Å². The van der Waals surface area contributed by atoms with Crippen LogP contribution < -0.4 is 21.5 Å². The molecule has 0 saturated carbocycles. The molecule has 6 nitrogen and oxygen atoms in total. The van der Waals surface area contributed by atoms with Gasteiger partial charge in [0.15, 0.2) is 0 Å². The predicted molar refractivity (Wildman–Crippen MR) is 86.1 cm³/mol. The number of hydrogen-bond acceptors (Lipinski definition) is 4. The van der Waals surface area contributed by atoms with Crippen molar-refractivity contribution in [3.63, 3.8) is 0 Å². The third kappa shape index (κ3) is 3.50. The van der Waals surface area contributed by atoms with Gasteiger partial charge in [-0.25, -0.2) is 10.5 Å². The van der Waals surface area contributed by atoms with Gasteiger partial charge in [-0.15, -0.1) is 0 Å². The summed E-state index contributed by atoms with van der Waals surface area (Å²) in [5, 5.41) is 13.2. The van der Waals surface area contributed by atoms with E-state index in [1.165, 1.54) is 0 Å². The van der Waals surface area contributed by atoms with E-state index < -0.39 is 5.91 Å². The van der Waals surface area contributed by atoms with Gasteiger partial charge in [0.1, 0.15) is 0 Å². The number of carbonyl (C=O) groups is 1. The van der Waals surface area contributed by atoms with E-state index in [0.29, 0.717) is 11.5 Å². The van der Waals surface area contributed by atoms with Crippen molar-refractivity contribution in [3.8, 4) is 0 Å². The number of imidazole rings is 1. The quantitative estimate of drug-likeness (QED) is 0.493. The van der Waals surface area contributed by atoms with Gasteiger partial charge in [-0.2, -0.15) is 0 Å². The number of aromatic amines is 1. The maximum absolute atomic E-state index is 11.2. The molecule has 0 atom stereocenters. The van der Waals surface area contributed by atoms with Crippen molar-refractivity contribution in [2.24, 2.45) is 0 Å². The lowest BCUT2D eigenvalue weighted by molar-refractivity contribution is 0.0706. The predicted octanol–water partition coefficient (Wildman–Crippen LogP) is 1.21.